The smallest absolute Gasteiger partial charge is 0.284 e. The first-order valence-electron chi connectivity index (χ1n) is 10.7. The lowest BCUT2D eigenvalue weighted by atomic mass is 9.93. The fourth-order valence-corrected chi connectivity index (χ4v) is 4.37. The second kappa shape index (κ2) is 9.57. The number of nitrogens with zero attached hydrogens (tertiary/aromatic N) is 1. The van der Waals surface area contributed by atoms with Gasteiger partial charge in [0.25, 0.3) is 10.0 Å². The number of benzene rings is 3. The summed E-state index contributed by atoms with van der Waals surface area (Å²) < 4.78 is 30.3. The molecule has 0 atom stereocenters. The minimum absolute atomic E-state index is 0.0997. The third-order valence-corrected chi connectivity index (χ3v) is 6.54. The van der Waals surface area contributed by atoms with Crippen molar-refractivity contribution in [1.29, 1.82) is 0 Å². The minimum Gasteiger partial charge on any atom is -0.507 e. The van der Waals surface area contributed by atoms with Gasteiger partial charge in [-0.15, -0.1) is 4.40 Å². The van der Waals surface area contributed by atoms with Crippen LogP contribution in [0.15, 0.2) is 76.0 Å². The molecule has 0 aromatic heterocycles. The maximum atomic E-state index is 13.1. The number of phenols is 1. The Bertz CT molecular complexity index is 1180. The lowest BCUT2D eigenvalue weighted by molar-refractivity contribution is 0.454. The summed E-state index contributed by atoms with van der Waals surface area (Å²) in [5.74, 6) is 0.706. The predicted octanol–water partition coefficient (Wildman–Crippen LogP) is 6.20. The molecule has 6 heteroatoms. The van der Waals surface area contributed by atoms with Gasteiger partial charge in [0.1, 0.15) is 5.75 Å². The molecule has 2 N–H and O–H groups in total. The Morgan fingerprint density at radius 3 is 1.91 bits per heavy atom. The number of nitrogens with one attached hydrogen (secondary N) is 1. The van der Waals surface area contributed by atoms with E-state index in [-0.39, 0.29) is 28.3 Å². The van der Waals surface area contributed by atoms with Gasteiger partial charge in [0.2, 0.25) is 0 Å². The Morgan fingerprint density at radius 1 is 0.875 bits per heavy atom. The van der Waals surface area contributed by atoms with Crippen LogP contribution in [0.25, 0.3) is 0 Å². The third kappa shape index (κ3) is 5.37. The fourth-order valence-electron chi connectivity index (χ4n) is 3.40. The van der Waals surface area contributed by atoms with Crippen LogP contribution < -0.4 is 5.32 Å². The number of amidine groups is 1. The number of aryl methyl sites for hydroxylation is 1. The summed E-state index contributed by atoms with van der Waals surface area (Å²) in [4.78, 5) is 0.134. The van der Waals surface area contributed by atoms with Gasteiger partial charge in [0, 0.05) is 11.3 Å². The normalized spacial score (nSPS) is 12.4. The lowest BCUT2D eigenvalue weighted by Crippen LogP contribution is -2.17. The van der Waals surface area contributed by atoms with Gasteiger partial charge in [0.05, 0.1) is 4.90 Å². The van der Waals surface area contributed by atoms with E-state index in [0.717, 1.165) is 16.7 Å². The molecule has 3 aromatic rings. The standard InChI is InChI=1S/C26H30N2O3S/c1-17(2)23-15-21(16-24(18(3)4)25(23)29)27-26(20-9-7-6-8-10-20)28-32(30,31)22-13-11-19(5)12-14-22/h6-18,29H,1-5H3,(H,27,28). The largest absolute Gasteiger partial charge is 0.507 e. The van der Waals surface area contributed by atoms with Gasteiger partial charge in [-0.05, 0) is 54.2 Å². The van der Waals surface area contributed by atoms with E-state index in [4.69, 9.17) is 0 Å². The predicted molar refractivity (Wildman–Crippen MR) is 131 cm³/mol. The van der Waals surface area contributed by atoms with Crippen molar-refractivity contribution in [3.05, 3.63) is 89.0 Å². The Labute approximate surface area is 190 Å². The highest BCUT2D eigenvalue weighted by Gasteiger charge is 2.19. The second-order valence-corrected chi connectivity index (χ2v) is 10.1. The van der Waals surface area contributed by atoms with Crippen molar-refractivity contribution >= 4 is 21.5 Å². The molecule has 0 amide bonds. The number of sulfonamides is 1. The summed E-state index contributed by atoms with van der Waals surface area (Å²) in [6.07, 6.45) is 0. The van der Waals surface area contributed by atoms with Crippen molar-refractivity contribution in [1.82, 2.24) is 0 Å². The minimum atomic E-state index is -3.93. The van der Waals surface area contributed by atoms with Gasteiger partial charge >= 0.3 is 0 Å². The Hall–Kier alpha value is -3.12. The zero-order valence-electron chi connectivity index (χ0n) is 19.1. The maximum Gasteiger partial charge on any atom is 0.284 e. The summed E-state index contributed by atoms with van der Waals surface area (Å²) in [7, 11) is -3.93. The highest BCUT2D eigenvalue weighted by Crippen LogP contribution is 2.36. The molecule has 168 valence electrons. The molecule has 0 aliphatic carbocycles. The molecule has 3 aromatic carbocycles. The molecule has 0 spiro atoms. The molecule has 32 heavy (non-hydrogen) atoms. The van der Waals surface area contributed by atoms with Gasteiger partial charge in [0.15, 0.2) is 5.84 Å². The zero-order chi connectivity index (χ0) is 23.5. The van der Waals surface area contributed by atoms with Gasteiger partial charge < -0.3 is 10.4 Å². The van der Waals surface area contributed by atoms with Gasteiger partial charge in [-0.25, -0.2) is 0 Å². The number of rotatable bonds is 6. The van der Waals surface area contributed by atoms with Crippen molar-refractivity contribution in [3.8, 4) is 5.75 Å². The summed E-state index contributed by atoms with van der Waals surface area (Å²) in [6.45, 7) is 9.95. The Morgan fingerprint density at radius 2 is 1.41 bits per heavy atom. The SMILES string of the molecule is Cc1ccc(S(=O)(=O)/N=C(\Nc2cc(C(C)C)c(O)c(C(C)C)c2)c2ccccc2)cc1. The first-order chi connectivity index (χ1) is 15.1. The van der Waals surface area contributed by atoms with E-state index in [1.54, 1.807) is 24.3 Å². The molecule has 0 aliphatic heterocycles. The van der Waals surface area contributed by atoms with Crippen LogP contribution in [0.3, 0.4) is 0 Å². The molecule has 3 rings (SSSR count). The Balaban J connectivity index is 2.13. The molecular formula is C26H30N2O3S. The monoisotopic (exact) mass is 450 g/mol. The van der Waals surface area contributed by atoms with Crippen molar-refractivity contribution in [2.75, 3.05) is 5.32 Å². The van der Waals surface area contributed by atoms with Crippen LogP contribution in [0.5, 0.6) is 5.75 Å². The first-order valence-corrected chi connectivity index (χ1v) is 12.1. The zero-order valence-corrected chi connectivity index (χ0v) is 19.9. The van der Waals surface area contributed by atoms with E-state index >= 15 is 0 Å². The van der Waals surface area contributed by atoms with E-state index < -0.39 is 10.0 Å². The summed E-state index contributed by atoms with van der Waals surface area (Å²) in [5.41, 5.74) is 3.89. The van der Waals surface area contributed by atoms with E-state index in [0.29, 0.717) is 11.3 Å². The summed E-state index contributed by atoms with van der Waals surface area (Å²) >= 11 is 0. The van der Waals surface area contributed by atoms with Gasteiger partial charge in [-0.1, -0.05) is 75.7 Å². The molecule has 0 bridgehead atoms. The average Bonchev–Trinajstić information content (AvgIpc) is 2.74. The lowest BCUT2D eigenvalue weighted by Gasteiger charge is -2.19. The topological polar surface area (TPSA) is 78.8 Å². The van der Waals surface area contributed by atoms with Crippen LogP contribution >= 0.6 is 0 Å². The van der Waals surface area contributed by atoms with Crippen molar-refractivity contribution in [2.45, 2.75) is 51.3 Å². The second-order valence-electron chi connectivity index (χ2n) is 8.53. The third-order valence-electron chi connectivity index (χ3n) is 5.25. The molecular weight excluding hydrogens is 420 g/mol. The molecule has 0 saturated carbocycles. The number of phenolic OH excluding ortho intramolecular Hbond substituents is 1. The van der Waals surface area contributed by atoms with Crippen molar-refractivity contribution in [2.24, 2.45) is 4.40 Å². The van der Waals surface area contributed by atoms with Crippen LogP contribution in [0, 0.1) is 6.92 Å². The van der Waals surface area contributed by atoms with Crippen LogP contribution in [-0.4, -0.2) is 19.4 Å². The fraction of sp³-hybridized carbons (Fsp3) is 0.269. The van der Waals surface area contributed by atoms with E-state index in [1.807, 2.05) is 77.1 Å². The summed E-state index contributed by atoms with van der Waals surface area (Å²) in [6, 6.07) is 19.5. The van der Waals surface area contributed by atoms with Crippen LogP contribution in [0.1, 0.15) is 61.8 Å². The highest BCUT2D eigenvalue weighted by atomic mass is 32.2. The molecule has 5 nitrogen and oxygen atoms in total. The molecule has 0 saturated heterocycles. The highest BCUT2D eigenvalue weighted by molar-refractivity contribution is 7.90. The van der Waals surface area contributed by atoms with Gasteiger partial charge in [-0.3, -0.25) is 0 Å². The number of hydrogen-bond donors (Lipinski definition) is 2. The van der Waals surface area contributed by atoms with Gasteiger partial charge in [-0.2, -0.15) is 8.42 Å². The van der Waals surface area contributed by atoms with Crippen molar-refractivity contribution in [3.63, 3.8) is 0 Å². The molecule has 0 radical (unpaired) electrons. The molecule has 0 fully saturated rings. The number of aromatic hydroxyl groups is 1. The van der Waals surface area contributed by atoms with E-state index in [2.05, 4.69) is 9.71 Å². The molecule has 0 aliphatic rings. The van der Waals surface area contributed by atoms with Crippen LogP contribution in [0.2, 0.25) is 0 Å². The Kier molecular flexibility index (Phi) is 7.04. The first kappa shape index (κ1) is 23.5. The number of hydrogen-bond acceptors (Lipinski definition) is 3. The quantitative estimate of drug-likeness (QED) is 0.266. The summed E-state index contributed by atoms with van der Waals surface area (Å²) in [5, 5.41) is 13.9. The van der Waals surface area contributed by atoms with Crippen LogP contribution in [-0.2, 0) is 10.0 Å². The van der Waals surface area contributed by atoms with E-state index in [9.17, 15) is 13.5 Å². The van der Waals surface area contributed by atoms with Crippen LogP contribution in [0.4, 0.5) is 5.69 Å². The maximum absolute atomic E-state index is 13.1. The molecule has 0 unspecified atom stereocenters. The van der Waals surface area contributed by atoms with Crippen molar-refractivity contribution < 1.29 is 13.5 Å². The van der Waals surface area contributed by atoms with E-state index in [1.165, 1.54) is 0 Å². The average molecular weight is 451 g/mol. The number of anilines is 1. The molecule has 0 heterocycles.